The van der Waals surface area contributed by atoms with Crippen molar-refractivity contribution < 1.29 is 13.6 Å². The molecule has 0 aromatic rings. The fraction of sp³-hybridized carbons (Fsp3) is 0.875. The maximum atomic E-state index is 11.5. The minimum absolute atomic E-state index is 0.0714. The lowest BCUT2D eigenvalue weighted by Gasteiger charge is -2.17. The smallest absolute Gasteiger partial charge is 0.308 e. The van der Waals surface area contributed by atoms with Crippen LogP contribution in [0.15, 0.2) is 0 Å². The van der Waals surface area contributed by atoms with Crippen LogP contribution in [0.25, 0.3) is 0 Å². The molecule has 0 aromatic carbocycles. The number of nitrogens with zero attached hydrogens (tertiary/aromatic N) is 1. The van der Waals surface area contributed by atoms with Crippen LogP contribution in [0.2, 0.25) is 0 Å². The van der Waals surface area contributed by atoms with Crippen LogP contribution in [0, 0.1) is 11.3 Å². The summed E-state index contributed by atoms with van der Waals surface area (Å²) >= 11 is 0. The van der Waals surface area contributed by atoms with Gasteiger partial charge in [-0.25, -0.2) is 0 Å². The first-order chi connectivity index (χ1) is 6.02. The average Bonchev–Trinajstić information content (AvgIpc) is 2.03. The molecule has 76 valence electrons. The Labute approximate surface area is 79.4 Å². The van der Waals surface area contributed by atoms with Crippen molar-refractivity contribution in [2.24, 2.45) is 0 Å². The molecule has 0 saturated heterocycles. The van der Waals surface area contributed by atoms with Gasteiger partial charge in [0.1, 0.15) is 0 Å². The molecular weight excluding hydrogens is 189 g/mol. The minimum Gasteiger partial charge on any atom is -0.308 e. The van der Waals surface area contributed by atoms with Crippen LogP contribution in [0.5, 0.6) is 0 Å². The fourth-order valence-electron chi connectivity index (χ4n) is 0.689. The molecule has 2 atom stereocenters. The molecule has 4 nitrogen and oxygen atoms in total. The summed E-state index contributed by atoms with van der Waals surface area (Å²) in [6.07, 6.45) is 0.958. The van der Waals surface area contributed by atoms with Gasteiger partial charge in [0.05, 0.1) is 25.2 Å². The van der Waals surface area contributed by atoms with Crippen LogP contribution in [-0.2, 0) is 13.6 Å². The molecule has 0 rings (SSSR count). The molecule has 0 aliphatic rings. The van der Waals surface area contributed by atoms with E-state index in [1.807, 2.05) is 19.9 Å². The molecule has 0 bridgehead atoms. The third-order valence-corrected chi connectivity index (χ3v) is 2.88. The van der Waals surface area contributed by atoms with E-state index in [9.17, 15) is 4.57 Å². The van der Waals surface area contributed by atoms with Gasteiger partial charge in [-0.1, -0.05) is 6.92 Å². The summed E-state index contributed by atoms with van der Waals surface area (Å²) in [5, 5.41) is 8.23. The van der Waals surface area contributed by atoms with Crippen molar-refractivity contribution in [3.05, 3.63) is 0 Å². The molecule has 0 aliphatic heterocycles. The summed E-state index contributed by atoms with van der Waals surface area (Å²) < 4.78 is 21.6. The lowest BCUT2D eigenvalue weighted by molar-refractivity contribution is 0.160. The lowest BCUT2D eigenvalue weighted by atomic mass is 10.3. The summed E-state index contributed by atoms with van der Waals surface area (Å²) in [4.78, 5) is 0. The predicted octanol–water partition coefficient (Wildman–Crippen LogP) is 2.55. The van der Waals surface area contributed by atoms with Crippen LogP contribution in [0.4, 0.5) is 0 Å². The van der Waals surface area contributed by atoms with Crippen LogP contribution in [0.1, 0.15) is 26.7 Å². The van der Waals surface area contributed by atoms with Crippen LogP contribution < -0.4 is 0 Å². The van der Waals surface area contributed by atoms with Gasteiger partial charge in [-0.15, -0.1) is 0 Å². The normalized spacial score (nSPS) is 17.4. The molecule has 0 N–H and O–H groups in total. The highest BCUT2D eigenvalue weighted by atomic mass is 31.2. The maximum Gasteiger partial charge on any atom is 0.327 e. The Morgan fingerprint density at radius 3 is 2.69 bits per heavy atom. The van der Waals surface area contributed by atoms with E-state index in [2.05, 4.69) is 0 Å². The van der Waals surface area contributed by atoms with Crippen LogP contribution in [-0.4, -0.2) is 19.4 Å². The van der Waals surface area contributed by atoms with Crippen molar-refractivity contribution in [1.82, 2.24) is 0 Å². The summed E-state index contributed by atoms with van der Waals surface area (Å²) in [5.74, 6) is 0. The van der Waals surface area contributed by atoms with Gasteiger partial charge >= 0.3 is 7.60 Å². The summed E-state index contributed by atoms with van der Waals surface area (Å²) in [6.45, 7) is 5.38. The van der Waals surface area contributed by atoms with Crippen molar-refractivity contribution in [3.63, 3.8) is 0 Å². The number of nitriles is 1. The van der Waals surface area contributed by atoms with Gasteiger partial charge in [-0.2, -0.15) is 5.26 Å². The average molecular weight is 205 g/mol. The van der Waals surface area contributed by atoms with Crippen molar-refractivity contribution >= 4 is 7.60 Å². The van der Waals surface area contributed by atoms with Gasteiger partial charge in [-0.3, -0.25) is 4.57 Å². The molecule has 2 unspecified atom stereocenters. The zero-order chi connectivity index (χ0) is 10.3. The van der Waals surface area contributed by atoms with E-state index in [4.69, 9.17) is 14.3 Å². The summed E-state index contributed by atoms with van der Waals surface area (Å²) in [5.41, 5.74) is 0. The fourth-order valence-corrected chi connectivity index (χ4v) is 1.98. The molecule has 0 radical (unpaired) electrons. The second kappa shape index (κ2) is 6.15. The molecule has 13 heavy (non-hydrogen) atoms. The van der Waals surface area contributed by atoms with E-state index in [1.54, 1.807) is 0 Å². The number of hydrogen-bond acceptors (Lipinski definition) is 4. The van der Waals surface area contributed by atoms with E-state index in [-0.39, 0.29) is 19.1 Å². The molecule has 0 amide bonds. The first-order valence-corrected chi connectivity index (χ1v) is 6.28. The second-order valence-corrected chi connectivity index (χ2v) is 4.85. The molecule has 0 fully saturated rings. The topological polar surface area (TPSA) is 59.3 Å². The first-order valence-electron chi connectivity index (χ1n) is 4.29. The maximum absolute atomic E-state index is 11.5. The third kappa shape index (κ3) is 6.77. The highest BCUT2D eigenvalue weighted by Gasteiger charge is 2.19. The Hall–Kier alpha value is -0.360. The van der Waals surface area contributed by atoms with E-state index >= 15 is 0 Å². The monoisotopic (exact) mass is 205 g/mol. The summed E-state index contributed by atoms with van der Waals surface area (Å²) in [6, 6.07) is 1.91. The van der Waals surface area contributed by atoms with Gasteiger partial charge < -0.3 is 9.05 Å². The zero-order valence-electron chi connectivity index (χ0n) is 8.32. The van der Waals surface area contributed by atoms with Crippen molar-refractivity contribution in [2.75, 3.05) is 13.3 Å². The predicted molar refractivity (Wildman–Crippen MR) is 50.6 cm³/mol. The highest BCUT2D eigenvalue weighted by molar-refractivity contribution is 7.53. The molecule has 5 heteroatoms. The van der Waals surface area contributed by atoms with E-state index in [0.717, 1.165) is 6.42 Å². The van der Waals surface area contributed by atoms with Gasteiger partial charge in [0.25, 0.3) is 0 Å². The van der Waals surface area contributed by atoms with Crippen LogP contribution in [0.3, 0.4) is 0 Å². The number of hydrogen-bond donors (Lipinski definition) is 0. The first kappa shape index (κ1) is 12.6. The van der Waals surface area contributed by atoms with Gasteiger partial charge in [0.2, 0.25) is 0 Å². The molecule has 0 spiro atoms. The lowest BCUT2D eigenvalue weighted by Crippen LogP contribution is -2.06. The second-order valence-electron chi connectivity index (χ2n) is 2.84. The molecular formula is C8H16NO3P. The van der Waals surface area contributed by atoms with Crippen molar-refractivity contribution in [2.45, 2.75) is 32.8 Å². The zero-order valence-corrected chi connectivity index (χ0v) is 9.21. The molecule has 0 aromatic heterocycles. The Balaban J connectivity index is 3.81. The minimum atomic E-state index is -2.95. The molecule has 0 heterocycles. The van der Waals surface area contributed by atoms with Crippen LogP contribution >= 0.6 is 7.60 Å². The molecule has 0 saturated carbocycles. The Kier molecular flexibility index (Phi) is 5.98. The quantitative estimate of drug-likeness (QED) is 0.494. The largest absolute Gasteiger partial charge is 0.327 e. The summed E-state index contributed by atoms with van der Waals surface area (Å²) in [7, 11) is -2.95. The third-order valence-electron chi connectivity index (χ3n) is 1.49. The van der Waals surface area contributed by atoms with E-state index < -0.39 is 7.60 Å². The van der Waals surface area contributed by atoms with E-state index in [1.165, 1.54) is 6.66 Å². The Morgan fingerprint density at radius 1 is 1.62 bits per heavy atom. The van der Waals surface area contributed by atoms with Crippen molar-refractivity contribution in [1.29, 1.82) is 5.26 Å². The SMILES string of the molecule is CCC(C)OP(C)(=O)OCCC#N. The standard InChI is InChI=1S/C8H16NO3P/c1-4-8(2)12-13(3,10)11-7-5-6-9/h8H,4-5,7H2,1-3H3. The van der Waals surface area contributed by atoms with Gasteiger partial charge in [-0.05, 0) is 13.3 Å². The van der Waals surface area contributed by atoms with Gasteiger partial charge in [0.15, 0.2) is 0 Å². The molecule has 0 aliphatic carbocycles. The van der Waals surface area contributed by atoms with Gasteiger partial charge in [0, 0.05) is 6.66 Å². The highest BCUT2D eigenvalue weighted by Crippen LogP contribution is 2.45. The number of rotatable bonds is 6. The van der Waals surface area contributed by atoms with Crippen molar-refractivity contribution in [3.8, 4) is 6.07 Å². The Bertz CT molecular complexity index is 224. The van der Waals surface area contributed by atoms with E-state index in [0.29, 0.717) is 0 Å². The Morgan fingerprint density at radius 2 is 2.23 bits per heavy atom.